The molecule has 1 aromatic heterocycles. The number of nitrogens with zero attached hydrogens (tertiary/aromatic N) is 1. The Morgan fingerprint density at radius 1 is 1.39 bits per heavy atom. The molecule has 18 heavy (non-hydrogen) atoms. The van der Waals surface area contributed by atoms with Gasteiger partial charge < -0.3 is 11.1 Å². The summed E-state index contributed by atoms with van der Waals surface area (Å²) < 4.78 is 0.707. The van der Waals surface area contributed by atoms with E-state index in [1.54, 1.807) is 30.5 Å². The normalized spacial score (nSPS) is 10.1. The molecule has 0 fully saturated rings. The van der Waals surface area contributed by atoms with Crippen LogP contribution in [0, 0.1) is 6.92 Å². The summed E-state index contributed by atoms with van der Waals surface area (Å²) in [5.74, 6) is -0.188. The van der Waals surface area contributed by atoms with Crippen molar-refractivity contribution in [3.05, 3.63) is 52.3 Å². The van der Waals surface area contributed by atoms with Gasteiger partial charge in [-0.05, 0) is 53.2 Å². The lowest BCUT2D eigenvalue weighted by Gasteiger charge is -2.08. The quantitative estimate of drug-likeness (QED) is 0.838. The van der Waals surface area contributed by atoms with Gasteiger partial charge >= 0.3 is 0 Å². The maximum absolute atomic E-state index is 12.0. The number of nitrogen functional groups attached to an aromatic ring is 1. The van der Waals surface area contributed by atoms with E-state index in [9.17, 15) is 4.79 Å². The number of anilines is 2. The van der Waals surface area contributed by atoms with Gasteiger partial charge in [0.1, 0.15) is 0 Å². The van der Waals surface area contributed by atoms with E-state index < -0.39 is 0 Å². The highest BCUT2D eigenvalue weighted by Gasteiger charge is 2.09. The molecule has 3 N–H and O–H groups in total. The van der Waals surface area contributed by atoms with Gasteiger partial charge in [-0.1, -0.05) is 0 Å². The van der Waals surface area contributed by atoms with Crippen molar-refractivity contribution in [3.8, 4) is 0 Å². The Hall–Kier alpha value is -1.88. The van der Waals surface area contributed by atoms with Crippen molar-refractivity contribution in [2.45, 2.75) is 6.92 Å². The Morgan fingerprint density at radius 3 is 2.83 bits per heavy atom. The van der Waals surface area contributed by atoms with E-state index in [-0.39, 0.29) is 5.91 Å². The van der Waals surface area contributed by atoms with Crippen LogP contribution in [-0.2, 0) is 0 Å². The molecule has 1 aromatic carbocycles. The lowest BCUT2D eigenvalue weighted by Crippen LogP contribution is -2.13. The number of rotatable bonds is 2. The molecule has 0 aliphatic heterocycles. The molecule has 0 aliphatic carbocycles. The number of halogens is 1. The van der Waals surface area contributed by atoms with Crippen LogP contribution in [-0.4, -0.2) is 10.9 Å². The SMILES string of the molecule is Cc1ncccc1NC(=O)c1ccc(N)c(Br)c1. The summed E-state index contributed by atoms with van der Waals surface area (Å²) in [6.07, 6.45) is 1.69. The lowest BCUT2D eigenvalue weighted by atomic mass is 10.2. The zero-order valence-corrected chi connectivity index (χ0v) is 11.4. The molecule has 0 saturated heterocycles. The number of amides is 1. The van der Waals surface area contributed by atoms with Crippen molar-refractivity contribution in [2.24, 2.45) is 0 Å². The van der Waals surface area contributed by atoms with Crippen molar-refractivity contribution in [1.82, 2.24) is 4.98 Å². The molecular weight excluding hydrogens is 294 g/mol. The Morgan fingerprint density at radius 2 is 2.17 bits per heavy atom. The largest absolute Gasteiger partial charge is 0.398 e. The zero-order chi connectivity index (χ0) is 13.1. The fourth-order valence-electron chi connectivity index (χ4n) is 1.48. The summed E-state index contributed by atoms with van der Waals surface area (Å²) in [4.78, 5) is 16.1. The van der Waals surface area contributed by atoms with E-state index in [0.717, 1.165) is 5.69 Å². The summed E-state index contributed by atoms with van der Waals surface area (Å²) in [5.41, 5.74) is 8.30. The highest BCUT2D eigenvalue weighted by molar-refractivity contribution is 9.10. The number of carbonyl (C=O) groups is 1. The second kappa shape index (κ2) is 5.18. The molecule has 0 bridgehead atoms. The average Bonchev–Trinajstić information content (AvgIpc) is 2.35. The maximum Gasteiger partial charge on any atom is 0.255 e. The van der Waals surface area contributed by atoms with E-state index in [4.69, 9.17) is 5.73 Å². The molecule has 0 radical (unpaired) electrons. The minimum atomic E-state index is -0.188. The number of pyridine rings is 1. The number of benzene rings is 1. The third kappa shape index (κ3) is 2.68. The van der Waals surface area contributed by atoms with Gasteiger partial charge in [-0.25, -0.2) is 0 Å². The van der Waals surface area contributed by atoms with Gasteiger partial charge in [-0.3, -0.25) is 9.78 Å². The Labute approximate surface area is 113 Å². The minimum absolute atomic E-state index is 0.188. The summed E-state index contributed by atoms with van der Waals surface area (Å²) in [6, 6.07) is 8.65. The zero-order valence-electron chi connectivity index (χ0n) is 9.77. The number of nitrogens with two attached hydrogens (primary N) is 1. The van der Waals surface area contributed by atoms with Crippen LogP contribution in [0.1, 0.15) is 16.1 Å². The molecule has 0 unspecified atom stereocenters. The summed E-state index contributed by atoms with van der Waals surface area (Å²) in [6.45, 7) is 1.84. The van der Waals surface area contributed by atoms with E-state index in [0.29, 0.717) is 21.4 Å². The van der Waals surface area contributed by atoms with Gasteiger partial charge in [-0.2, -0.15) is 0 Å². The predicted molar refractivity (Wildman–Crippen MR) is 75.5 cm³/mol. The number of hydrogen-bond acceptors (Lipinski definition) is 3. The van der Waals surface area contributed by atoms with Crippen LogP contribution in [0.15, 0.2) is 41.0 Å². The first-order valence-electron chi connectivity index (χ1n) is 5.36. The van der Waals surface area contributed by atoms with Crippen LogP contribution in [0.5, 0.6) is 0 Å². The second-order valence-corrected chi connectivity index (χ2v) is 4.68. The van der Waals surface area contributed by atoms with E-state index in [1.807, 2.05) is 13.0 Å². The molecule has 1 heterocycles. The van der Waals surface area contributed by atoms with Crippen molar-refractivity contribution in [2.75, 3.05) is 11.1 Å². The fraction of sp³-hybridized carbons (Fsp3) is 0.0769. The highest BCUT2D eigenvalue weighted by atomic mass is 79.9. The average molecular weight is 306 g/mol. The molecule has 92 valence electrons. The Kier molecular flexibility index (Phi) is 3.62. The Balaban J connectivity index is 2.22. The first kappa shape index (κ1) is 12.6. The van der Waals surface area contributed by atoms with E-state index in [1.165, 1.54) is 0 Å². The number of hydrogen-bond donors (Lipinski definition) is 2. The first-order valence-corrected chi connectivity index (χ1v) is 6.15. The van der Waals surface area contributed by atoms with Crippen LogP contribution >= 0.6 is 15.9 Å². The molecule has 2 aromatic rings. The molecule has 0 saturated carbocycles. The third-order valence-corrected chi connectivity index (χ3v) is 3.20. The summed E-state index contributed by atoms with van der Waals surface area (Å²) in [5, 5.41) is 2.81. The molecule has 1 amide bonds. The van der Waals surface area contributed by atoms with Gasteiger partial charge in [-0.15, -0.1) is 0 Å². The van der Waals surface area contributed by atoms with Gasteiger partial charge in [0.05, 0.1) is 11.4 Å². The second-order valence-electron chi connectivity index (χ2n) is 3.83. The molecule has 0 atom stereocenters. The number of nitrogens with one attached hydrogen (secondary N) is 1. The van der Waals surface area contributed by atoms with Crippen molar-refractivity contribution >= 4 is 33.2 Å². The number of aromatic nitrogens is 1. The minimum Gasteiger partial charge on any atom is -0.398 e. The smallest absolute Gasteiger partial charge is 0.255 e. The fourth-order valence-corrected chi connectivity index (χ4v) is 1.86. The summed E-state index contributed by atoms with van der Waals surface area (Å²) >= 11 is 3.30. The predicted octanol–water partition coefficient (Wildman–Crippen LogP) is 2.99. The van der Waals surface area contributed by atoms with Crippen LogP contribution < -0.4 is 11.1 Å². The highest BCUT2D eigenvalue weighted by Crippen LogP contribution is 2.21. The van der Waals surface area contributed by atoms with Crippen LogP contribution in [0.3, 0.4) is 0 Å². The molecule has 0 spiro atoms. The molecular formula is C13H12BrN3O. The first-order chi connectivity index (χ1) is 8.58. The number of carbonyl (C=O) groups excluding carboxylic acids is 1. The topological polar surface area (TPSA) is 68.0 Å². The molecule has 2 rings (SSSR count). The monoisotopic (exact) mass is 305 g/mol. The standard InChI is InChI=1S/C13H12BrN3O/c1-8-12(3-2-6-16-8)17-13(18)9-4-5-11(15)10(14)7-9/h2-7H,15H2,1H3,(H,17,18). The van der Waals surface area contributed by atoms with Gasteiger partial charge in [0.2, 0.25) is 0 Å². The van der Waals surface area contributed by atoms with Crippen molar-refractivity contribution in [3.63, 3.8) is 0 Å². The molecule has 5 heteroatoms. The van der Waals surface area contributed by atoms with Gasteiger partial charge in [0, 0.05) is 21.9 Å². The molecule has 4 nitrogen and oxygen atoms in total. The lowest BCUT2D eigenvalue weighted by molar-refractivity contribution is 0.102. The number of aryl methyl sites for hydroxylation is 1. The van der Waals surface area contributed by atoms with E-state index >= 15 is 0 Å². The Bertz CT molecular complexity index is 599. The summed E-state index contributed by atoms with van der Waals surface area (Å²) in [7, 11) is 0. The maximum atomic E-state index is 12.0. The van der Waals surface area contributed by atoms with Crippen molar-refractivity contribution in [1.29, 1.82) is 0 Å². The van der Waals surface area contributed by atoms with E-state index in [2.05, 4.69) is 26.2 Å². The van der Waals surface area contributed by atoms with Crippen LogP contribution in [0.2, 0.25) is 0 Å². The van der Waals surface area contributed by atoms with Gasteiger partial charge in [0.25, 0.3) is 5.91 Å². The molecule has 0 aliphatic rings. The van der Waals surface area contributed by atoms with Crippen molar-refractivity contribution < 1.29 is 4.79 Å². The van der Waals surface area contributed by atoms with Crippen LogP contribution in [0.25, 0.3) is 0 Å². The third-order valence-electron chi connectivity index (χ3n) is 2.52. The van der Waals surface area contributed by atoms with Crippen LogP contribution in [0.4, 0.5) is 11.4 Å². The van der Waals surface area contributed by atoms with Gasteiger partial charge in [0.15, 0.2) is 0 Å².